The van der Waals surface area contributed by atoms with E-state index in [9.17, 15) is 17.6 Å². The molecule has 3 aromatic heterocycles. The molecule has 2 unspecified atom stereocenters. The van der Waals surface area contributed by atoms with Crippen LogP contribution in [0.4, 0.5) is 32.2 Å². The maximum absolute atomic E-state index is 16.9. The first-order chi connectivity index (χ1) is 21.9. The Labute approximate surface area is 259 Å². The number of nitrogens with zero attached hydrogens (tertiary/aromatic N) is 6. The number of hydrogen-bond acceptors (Lipinski definition) is 8. The number of hydrogen-bond donors (Lipinski definition) is 2. The lowest BCUT2D eigenvalue weighted by atomic mass is 9.93. The molecule has 244 valence electrons. The molecule has 46 heavy (non-hydrogen) atoms. The third-order valence-electron chi connectivity index (χ3n) is 10.2. The number of piperazine rings is 1. The zero-order chi connectivity index (χ0) is 32.1. The van der Waals surface area contributed by atoms with Gasteiger partial charge in [-0.15, -0.1) is 0 Å². The van der Waals surface area contributed by atoms with Crippen molar-refractivity contribution in [3.05, 3.63) is 34.7 Å². The van der Waals surface area contributed by atoms with Crippen LogP contribution in [0.15, 0.2) is 6.07 Å². The summed E-state index contributed by atoms with van der Waals surface area (Å²) in [5.41, 5.74) is -4.12. The minimum absolute atomic E-state index is 0.0252. The number of halogens is 6. The summed E-state index contributed by atoms with van der Waals surface area (Å²) in [4.78, 5) is 17.0. The Morgan fingerprint density at radius 2 is 1.80 bits per heavy atom. The van der Waals surface area contributed by atoms with Gasteiger partial charge in [0.15, 0.2) is 11.5 Å². The van der Waals surface area contributed by atoms with Gasteiger partial charge in [-0.05, 0) is 52.1 Å². The number of nitrogens with one attached hydrogen (secondary N) is 2. The van der Waals surface area contributed by atoms with Crippen LogP contribution in [0.25, 0.3) is 33.1 Å². The standard InChI is InChI=1S/C31H32F6N8O/c1-14-21-23(24(31(35,36)37)15(2)38-27(21)43-42-14)22-20(33)8-19-26(25(22)34)40-29(41-28(19)44-11-17-4-5-18(12-44)39-17)46-13-30-6-3-7-45(30)10-16(32)9-30/h8,16-18,39H,3-7,9-13H2,1-2H3,(H,38,42,43)/t16-,17?,18?,30+/m1/s1. The number of fused-ring (bicyclic) bond motifs is 5. The molecule has 4 aromatic rings. The number of alkyl halides is 4. The van der Waals surface area contributed by atoms with Gasteiger partial charge in [-0.3, -0.25) is 10.00 Å². The van der Waals surface area contributed by atoms with Crippen molar-refractivity contribution in [2.24, 2.45) is 0 Å². The Bertz CT molecular complexity index is 1870. The molecule has 9 nitrogen and oxygen atoms in total. The van der Waals surface area contributed by atoms with Gasteiger partial charge in [0.25, 0.3) is 0 Å². The lowest BCUT2D eigenvalue weighted by Gasteiger charge is -2.34. The summed E-state index contributed by atoms with van der Waals surface area (Å²) in [6, 6.07) is 1.12. The number of aryl methyl sites for hydroxylation is 2. The van der Waals surface area contributed by atoms with E-state index in [1.54, 1.807) is 0 Å². The Morgan fingerprint density at radius 1 is 1.04 bits per heavy atom. The Kier molecular flexibility index (Phi) is 6.70. The summed E-state index contributed by atoms with van der Waals surface area (Å²) in [6.07, 6.45) is -2.21. The van der Waals surface area contributed by atoms with Gasteiger partial charge >= 0.3 is 12.2 Å². The first kappa shape index (κ1) is 29.7. The molecular weight excluding hydrogens is 614 g/mol. The topological polar surface area (TPSA) is 95.1 Å². The van der Waals surface area contributed by atoms with Crippen LogP contribution >= 0.6 is 0 Å². The molecule has 0 saturated carbocycles. The fourth-order valence-corrected chi connectivity index (χ4v) is 8.23. The normalized spacial score (nSPS) is 26.5. The number of benzene rings is 1. The molecule has 4 aliphatic rings. The second-order valence-corrected chi connectivity index (χ2v) is 13.2. The molecule has 7 heterocycles. The Hall–Kier alpha value is -3.72. The summed E-state index contributed by atoms with van der Waals surface area (Å²) in [5.74, 6) is -2.23. The lowest BCUT2D eigenvalue weighted by molar-refractivity contribution is -0.137. The van der Waals surface area contributed by atoms with Crippen LogP contribution < -0.4 is 15.0 Å². The van der Waals surface area contributed by atoms with Crippen LogP contribution in [-0.4, -0.2) is 86.6 Å². The van der Waals surface area contributed by atoms with E-state index >= 15 is 8.78 Å². The largest absolute Gasteiger partial charge is 0.461 e. The first-order valence-electron chi connectivity index (χ1n) is 15.6. The number of aromatic nitrogens is 5. The summed E-state index contributed by atoms with van der Waals surface area (Å²) >= 11 is 0. The Morgan fingerprint density at radius 3 is 2.54 bits per heavy atom. The van der Waals surface area contributed by atoms with E-state index in [1.165, 1.54) is 6.92 Å². The van der Waals surface area contributed by atoms with E-state index in [4.69, 9.17) is 4.74 Å². The zero-order valence-electron chi connectivity index (χ0n) is 25.2. The molecule has 4 fully saturated rings. The monoisotopic (exact) mass is 646 g/mol. The maximum atomic E-state index is 16.9. The average Bonchev–Trinajstić information content (AvgIpc) is 3.73. The summed E-state index contributed by atoms with van der Waals surface area (Å²) in [5, 5.41) is 9.97. The van der Waals surface area contributed by atoms with Gasteiger partial charge < -0.3 is 15.0 Å². The predicted molar refractivity (Wildman–Crippen MR) is 158 cm³/mol. The maximum Gasteiger partial charge on any atom is 0.418 e. The molecule has 15 heteroatoms. The van der Waals surface area contributed by atoms with Gasteiger partial charge in [-0.25, -0.2) is 18.2 Å². The fraction of sp³-hybridized carbons (Fsp3) is 0.548. The number of H-pyrrole nitrogens is 1. The molecule has 0 aliphatic carbocycles. The van der Waals surface area contributed by atoms with Gasteiger partial charge in [0.1, 0.15) is 29.9 Å². The number of ether oxygens (including phenoxy) is 1. The molecular formula is C31H32F6N8O. The molecule has 4 aliphatic heterocycles. The van der Waals surface area contributed by atoms with Gasteiger partial charge in [0.05, 0.1) is 27.7 Å². The fourth-order valence-electron chi connectivity index (χ4n) is 8.23. The predicted octanol–water partition coefficient (Wildman–Crippen LogP) is 5.38. The van der Waals surface area contributed by atoms with Crippen LogP contribution in [0.2, 0.25) is 0 Å². The van der Waals surface area contributed by atoms with Gasteiger partial charge in [0.2, 0.25) is 0 Å². The molecule has 0 amide bonds. The summed E-state index contributed by atoms with van der Waals surface area (Å²) in [6.45, 7) is 4.75. The van der Waals surface area contributed by atoms with Crippen LogP contribution in [-0.2, 0) is 6.18 Å². The van der Waals surface area contributed by atoms with E-state index < -0.39 is 51.9 Å². The second-order valence-electron chi connectivity index (χ2n) is 13.2. The molecule has 0 radical (unpaired) electrons. The van der Waals surface area contributed by atoms with Crippen molar-refractivity contribution < 1.29 is 31.1 Å². The number of aromatic amines is 1. The minimum Gasteiger partial charge on any atom is -0.461 e. The van der Waals surface area contributed by atoms with Crippen molar-refractivity contribution in [1.82, 2.24) is 35.4 Å². The molecule has 2 N–H and O–H groups in total. The van der Waals surface area contributed by atoms with Crippen molar-refractivity contribution >= 4 is 27.8 Å². The van der Waals surface area contributed by atoms with Gasteiger partial charge in [-0.1, -0.05) is 0 Å². The molecule has 4 atom stereocenters. The van der Waals surface area contributed by atoms with Crippen LogP contribution in [0.5, 0.6) is 6.01 Å². The van der Waals surface area contributed by atoms with E-state index in [0.717, 1.165) is 45.2 Å². The number of anilines is 1. The first-order valence-corrected chi connectivity index (χ1v) is 15.6. The van der Waals surface area contributed by atoms with Crippen LogP contribution in [0, 0.1) is 25.5 Å². The quantitative estimate of drug-likeness (QED) is 0.280. The second kappa shape index (κ2) is 10.4. The molecule has 2 bridgehead atoms. The summed E-state index contributed by atoms with van der Waals surface area (Å²) in [7, 11) is 0. The van der Waals surface area contributed by atoms with Crippen LogP contribution in [0.3, 0.4) is 0 Å². The lowest BCUT2D eigenvalue weighted by Crippen LogP contribution is -2.51. The van der Waals surface area contributed by atoms with Crippen molar-refractivity contribution in [1.29, 1.82) is 0 Å². The van der Waals surface area contributed by atoms with Crippen molar-refractivity contribution in [3.63, 3.8) is 0 Å². The average molecular weight is 647 g/mol. The van der Waals surface area contributed by atoms with E-state index in [0.29, 0.717) is 26.1 Å². The van der Waals surface area contributed by atoms with Crippen LogP contribution in [0.1, 0.15) is 49.1 Å². The zero-order valence-corrected chi connectivity index (χ0v) is 25.2. The molecule has 1 aromatic carbocycles. The summed E-state index contributed by atoms with van der Waals surface area (Å²) < 4.78 is 97.4. The van der Waals surface area contributed by atoms with Crippen molar-refractivity contribution in [2.75, 3.05) is 37.7 Å². The minimum atomic E-state index is -4.98. The van der Waals surface area contributed by atoms with E-state index in [2.05, 4.69) is 35.4 Å². The molecule has 8 rings (SSSR count). The highest BCUT2D eigenvalue weighted by Crippen LogP contribution is 2.47. The highest BCUT2D eigenvalue weighted by atomic mass is 19.4. The molecule has 0 spiro atoms. The highest BCUT2D eigenvalue weighted by Gasteiger charge is 2.49. The Balaban J connectivity index is 1.33. The van der Waals surface area contributed by atoms with Crippen molar-refractivity contribution in [2.45, 2.75) is 75.9 Å². The van der Waals surface area contributed by atoms with E-state index in [-0.39, 0.29) is 58.1 Å². The third-order valence-corrected chi connectivity index (χ3v) is 10.2. The van der Waals surface area contributed by atoms with Gasteiger partial charge in [-0.2, -0.15) is 28.2 Å². The number of pyridine rings is 1. The number of rotatable bonds is 5. The van der Waals surface area contributed by atoms with E-state index in [1.807, 2.05) is 4.90 Å². The smallest absolute Gasteiger partial charge is 0.418 e. The van der Waals surface area contributed by atoms with Crippen molar-refractivity contribution in [3.8, 4) is 17.1 Å². The highest BCUT2D eigenvalue weighted by molar-refractivity contribution is 6.01. The third kappa shape index (κ3) is 4.60. The van der Waals surface area contributed by atoms with Gasteiger partial charge in [0, 0.05) is 54.8 Å². The SMILES string of the molecule is Cc1nc2n[nH]c(C)c2c(-c2c(F)cc3c(N4CC5CCC(C4)N5)nc(OC[C@@]45CCCN4C[C@H](F)C5)nc3c2F)c1C(F)(F)F. The molecule has 4 saturated heterocycles.